The van der Waals surface area contributed by atoms with Crippen molar-refractivity contribution in [3.05, 3.63) is 18.2 Å². The van der Waals surface area contributed by atoms with Crippen molar-refractivity contribution < 1.29 is 14.3 Å². The van der Waals surface area contributed by atoms with E-state index in [2.05, 4.69) is 10.6 Å². The van der Waals surface area contributed by atoms with Crippen LogP contribution in [0.2, 0.25) is 0 Å². The smallest absolute Gasteiger partial charge is 0.224 e. The molecule has 21 heavy (non-hydrogen) atoms. The summed E-state index contributed by atoms with van der Waals surface area (Å²) in [6, 6.07) is 5.50. The first kappa shape index (κ1) is 15.6. The first-order valence-electron chi connectivity index (χ1n) is 7.63. The van der Waals surface area contributed by atoms with E-state index in [1.165, 1.54) is 0 Å². The lowest BCUT2D eigenvalue weighted by molar-refractivity contribution is -0.116. The lowest BCUT2D eigenvalue weighted by atomic mass is 10.0. The molecule has 2 N–H and O–H groups in total. The zero-order valence-corrected chi connectivity index (χ0v) is 12.8. The Bertz CT molecular complexity index is 471. The fourth-order valence-electron chi connectivity index (χ4n) is 2.49. The van der Waals surface area contributed by atoms with Gasteiger partial charge in [-0.3, -0.25) is 4.79 Å². The molecule has 1 amide bonds. The van der Waals surface area contributed by atoms with Gasteiger partial charge in [0.25, 0.3) is 0 Å². The van der Waals surface area contributed by atoms with Crippen molar-refractivity contribution in [2.45, 2.75) is 26.7 Å². The summed E-state index contributed by atoms with van der Waals surface area (Å²) in [7, 11) is 0. The minimum atomic E-state index is 0.0512. The Morgan fingerprint density at radius 1 is 1.29 bits per heavy atom. The van der Waals surface area contributed by atoms with Gasteiger partial charge in [-0.05, 0) is 51.4 Å². The van der Waals surface area contributed by atoms with Crippen LogP contribution in [-0.4, -0.2) is 32.2 Å². The van der Waals surface area contributed by atoms with Crippen molar-refractivity contribution in [2.75, 3.05) is 31.6 Å². The fourth-order valence-corrected chi connectivity index (χ4v) is 2.49. The average Bonchev–Trinajstić information content (AvgIpc) is 2.95. The highest BCUT2D eigenvalue weighted by atomic mass is 16.5. The first-order valence-corrected chi connectivity index (χ1v) is 7.63. The third-order valence-corrected chi connectivity index (χ3v) is 3.46. The van der Waals surface area contributed by atoms with Crippen molar-refractivity contribution in [2.24, 2.45) is 5.92 Å². The Morgan fingerprint density at radius 3 is 2.71 bits per heavy atom. The molecule has 0 aliphatic carbocycles. The van der Waals surface area contributed by atoms with Gasteiger partial charge in [0.15, 0.2) is 11.5 Å². The molecular weight excluding hydrogens is 268 g/mol. The lowest BCUT2D eigenvalue weighted by Gasteiger charge is -2.14. The number of hydrogen-bond donors (Lipinski definition) is 2. The molecule has 1 heterocycles. The Labute approximate surface area is 126 Å². The zero-order chi connectivity index (χ0) is 15.1. The van der Waals surface area contributed by atoms with Crippen molar-refractivity contribution in [3.8, 4) is 11.5 Å². The fraction of sp³-hybridized carbons (Fsp3) is 0.562. The van der Waals surface area contributed by atoms with E-state index in [-0.39, 0.29) is 5.91 Å². The van der Waals surface area contributed by atoms with Gasteiger partial charge in [0.2, 0.25) is 5.91 Å². The molecule has 1 aromatic carbocycles. The Morgan fingerprint density at radius 2 is 2.05 bits per heavy atom. The molecule has 116 valence electrons. The number of amides is 1. The second-order valence-electron chi connectivity index (χ2n) is 5.14. The first-order chi connectivity index (χ1) is 10.2. The Balaban J connectivity index is 1.98. The van der Waals surface area contributed by atoms with Gasteiger partial charge < -0.3 is 20.1 Å². The maximum Gasteiger partial charge on any atom is 0.224 e. The average molecular weight is 292 g/mol. The molecule has 1 aliphatic heterocycles. The Kier molecular flexibility index (Phi) is 5.87. The third-order valence-electron chi connectivity index (χ3n) is 3.46. The van der Waals surface area contributed by atoms with Crippen molar-refractivity contribution in [3.63, 3.8) is 0 Å². The molecule has 0 saturated carbocycles. The summed E-state index contributed by atoms with van der Waals surface area (Å²) in [6.07, 6.45) is 1.63. The monoisotopic (exact) mass is 292 g/mol. The quantitative estimate of drug-likeness (QED) is 0.810. The number of nitrogens with one attached hydrogen (secondary N) is 2. The number of rotatable bonds is 7. The molecule has 1 atom stereocenters. The van der Waals surface area contributed by atoms with Crippen LogP contribution in [0.3, 0.4) is 0 Å². The van der Waals surface area contributed by atoms with Crippen molar-refractivity contribution in [1.82, 2.24) is 5.32 Å². The number of carbonyl (C=O) groups is 1. The number of hydrogen-bond acceptors (Lipinski definition) is 4. The van der Waals surface area contributed by atoms with Gasteiger partial charge in [-0.25, -0.2) is 0 Å². The van der Waals surface area contributed by atoms with Gasteiger partial charge in [-0.1, -0.05) is 0 Å². The van der Waals surface area contributed by atoms with Crippen molar-refractivity contribution in [1.29, 1.82) is 0 Å². The minimum Gasteiger partial charge on any atom is -0.490 e. The molecule has 5 nitrogen and oxygen atoms in total. The highest BCUT2D eigenvalue weighted by molar-refractivity contribution is 5.91. The lowest BCUT2D eigenvalue weighted by Crippen LogP contribution is -2.18. The molecule has 0 bridgehead atoms. The van der Waals surface area contributed by atoms with Crippen LogP contribution in [0.25, 0.3) is 0 Å². The van der Waals surface area contributed by atoms with Crippen LogP contribution >= 0.6 is 0 Å². The molecule has 0 aromatic heterocycles. The topological polar surface area (TPSA) is 59.6 Å². The van der Waals surface area contributed by atoms with E-state index in [9.17, 15) is 4.79 Å². The Hall–Kier alpha value is -1.75. The highest BCUT2D eigenvalue weighted by Crippen LogP contribution is 2.30. The second-order valence-corrected chi connectivity index (χ2v) is 5.14. The van der Waals surface area contributed by atoms with E-state index in [1.54, 1.807) is 0 Å². The summed E-state index contributed by atoms with van der Waals surface area (Å²) in [6.45, 7) is 6.94. The van der Waals surface area contributed by atoms with E-state index >= 15 is 0 Å². The van der Waals surface area contributed by atoms with Crippen LogP contribution in [-0.2, 0) is 4.79 Å². The third kappa shape index (κ3) is 4.63. The van der Waals surface area contributed by atoms with Crippen LogP contribution in [0.5, 0.6) is 11.5 Å². The molecule has 0 radical (unpaired) electrons. The van der Waals surface area contributed by atoms with Crippen LogP contribution < -0.4 is 20.1 Å². The van der Waals surface area contributed by atoms with Gasteiger partial charge in [0, 0.05) is 18.2 Å². The zero-order valence-electron chi connectivity index (χ0n) is 12.8. The van der Waals surface area contributed by atoms with Crippen molar-refractivity contribution >= 4 is 11.6 Å². The predicted octanol–water partition coefficient (Wildman–Crippen LogP) is 2.42. The van der Waals surface area contributed by atoms with Gasteiger partial charge in [-0.15, -0.1) is 0 Å². The number of ether oxygens (including phenoxy) is 2. The van der Waals surface area contributed by atoms with E-state index < -0.39 is 0 Å². The minimum absolute atomic E-state index is 0.0512. The van der Waals surface area contributed by atoms with E-state index in [0.29, 0.717) is 37.1 Å². The van der Waals surface area contributed by atoms with E-state index in [4.69, 9.17) is 9.47 Å². The van der Waals surface area contributed by atoms with Gasteiger partial charge >= 0.3 is 0 Å². The summed E-state index contributed by atoms with van der Waals surface area (Å²) >= 11 is 0. The predicted molar refractivity (Wildman–Crippen MR) is 83.0 cm³/mol. The van der Waals surface area contributed by atoms with Crippen LogP contribution in [0.15, 0.2) is 18.2 Å². The molecular formula is C16H24N2O3. The number of benzene rings is 1. The molecule has 1 aromatic rings. The summed E-state index contributed by atoms with van der Waals surface area (Å²) < 4.78 is 11.1. The number of carbonyl (C=O) groups excluding carboxylic acids is 1. The van der Waals surface area contributed by atoms with Crippen LogP contribution in [0, 0.1) is 5.92 Å². The second kappa shape index (κ2) is 7.88. The maximum atomic E-state index is 12.0. The number of anilines is 1. The van der Waals surface area contributed by atoms with Crippen LogP contribution in [0.1, 0.15) is 26.7 Å². The van der Waals surface area contributed by atoms with Gasteiger partial charge in [0.1, 0.15) is 0 Å². The van der Waals surface area contributed by atoms with Crippen LogP contribution in [0.4, 0.5) is 5.69 Å². The summed E-state index contributed by atoms with van der Waals surface area (Å²) in [5, 5.41) is 6.21. The molecule has 1 unspecified atom stereocenters. The SMILES string of the molecule is CCOc1ccc(NC(=O)CC2CCNC2)cc1OCC. The maximum absolute atomic E-state index is 12.0. The standard InChI is InChI=1S/C16H24N2O3/c1-3-20-14-6-5-13(10-15(14)21-4-2)18-16(19)9-12-7-8-17-11-12/h5-6,10,12,17H,3-4,7-9,11H2,1-2H3,(H,18,19). The van der Waals surface area contributed by atoms with Gasteiger partial charge in [0.05, 0.1) is 13.2 Å². The van der Waals surface area contributed by atoms with E-state index in [0.717, 1.165) is 25.2 Å². The molecule has 1 fully saturated rings. The summed E-state index contributed by atoms with van der Waals surface area (Å²) in [4.78, 5) is 12.0. The highest BCUT2D eigenvalue weighted by Gasteiger charge is 2.18. The molecule has 0 spiro atoms. The summed E-state index contributed by atoms with van der Waals surface area (Å²) in [5.74, 6) is 1.87. The summed E-state index contributed by atoms with van der Waals surface area (Å²) in [5.41, 5.74) is 0.748. The van der Waals surface area contributed by atoms with E-state index in [1.807, 2.05) is 32.0 Å². The molecule has 2 rings (SSSR count). The molecule has 1 saturated heterocycles. The normalized spacial score (nSPS) is 17.5. The molecule has 1 aliphatic rings. The molecule has 5 heteroatoms. The largest absolute Gasteiger partial charge is 0.490 e. The van der Waals surface area contributed by atoms with Gasteiger partial charge in [-0.2, -0.15) is 0 Å².